The highest BCUT2D eigenvalue weighted by Crippen LogP contribution is 2.27. The van der Waals surface area contributed by atoms with Gasteiger partial charge in [0.1, 0.15) is 15.5 Å². The molecular weight excluding hydrogens is 516 g/mol. The van der Waals surface area contributed by atoms with Gasteiger partial charge in [-0.25, -0.2) is 0 Å². The van der Waals surface area contributed by atoms with Gasteiger partial charge in [0.2, 0.25) is 0 Å². The van der Waals surface area contributed by atoms with E-state index in [0.29, 0.717) is 11.8 Å². The van der Waals surface area contributed by atoms with Crippen molar-refractivity contribution in [3.8, 4) is 5.75 Å². The summed E-state index contributed by atoms with van der Waals surface area (Å²) in [6.45, 7) is 0. The van der Waals surface area contributed by atoms with Crippen molar-refractivity contribution in [2.45, 2.75) is 9.79 Å². The molecule has 3 N–H and O–H groups in total. The van der Waals surface area contributed by atoms with Gasteiger partial charge in [0.15, 0.2) is 0 Å². The molecule has 0 aliphatic carbocycles. The molecule has 14 heteroatoms. The van der Waals surface area contributed by atoms with Crippen LogP contribution in [0, 0.1) is 10.1 Å². The Morgan fingerprint density at radius 3 is 1.92 bits per heavy atom. The fourth-order valence-electron chi connectivity index (χ4n) is 3.10. The number of hydrogen-bond donors (Lipinski definition) is 3. The monoisotopic (exact) mass is 534 g/mol. The van der Waals surface area contributed by atoms with Gasteiger partial charge in [-0.1, -0.05) is 18.2 Å². The SMILES string of the molecule is COc1ccc(C(=O)Nc2ccc(/C=C/c3ccc([N+](=O)[O-])cc3S(=O)(=O)O)c(S(=O)(=O)O)c2)cc1. The summed E-state index contributed by atoms with van der Waals surface area (Å²) in [5, 5.41) is 13.4. The highest BCUT2D eigenvalue weighted by atomic mass is 32.2. The molecule has 3 rings (SSSR count). The van der Waals surface area contributed by atoms with E-state index in [4.69, 9.17) is 4.74 Å². The molecule has 0 atom stereocenters. The van der Waals surface area contributed by atoms with Crippen LogP contribution in [-0.2, 0) is 20.2 Å². The Labute approximate surface area is 205 Å². The van der Waals surface area contributed by atoms with Gasteiger partial charge in [-0.05, 0) is 53.6 Å². The topological polar surface area (TPSA) is 190 Å². The summed E-state index contributed by atoms with van der Waals surface area (Å²) in [7, 11) is -8.20. The molecule has 3 aromatic rings. The summed E-state index contributed by atoms with van der Waals surface area (Å²) in [6.07, 6.45) is 2.21. The minimum absolute atomic E-state index is 0.0366. The van der Waals surface area contributed by atoms with Gasteiger partial charge in [0.05, 0.1) is 12.0 Å². The van der Waals surface area contributed by atoms with Crippen LogP contribution in [0.2, 0.25) is 0 Å². The molecule has 0 fully saturated rings. The van der Waals surface area contributed by atoms with Crippen LogP contribution >= 0.6 is 0 Å². The van der Waals surface area contributed by atoms with Gasteiger partial charge < -0.3 is 10.1 Å². The number of hydrogen-bond acceptors (Lipinski definition) is 8. The Morgan fingerprint density at radius 2 is 1.42 bits per heavy atom. The minimum atomic E-state index is -4.86. The van der Waals surface area contributed by atoms with Crippen molar-refractivity contribution in [1.82, 2.24) is 0 Å². The van der Waals surface area contributed by atoms with E-state index in [2.05, 4.69) is 5.32 Å². The fraction of sp³-hybridized carbons (Fsp3) is 0.0455. The zero-order chi connectivity index (χ0) is 26.7. The Kier molecular flexibility index (Phi) is 7.54. The maximum Gasteiger partial charge on any atom is 0.295 e. The number of nitrogens with zero attached hydrogens (tertiary/aromatic N) is 1. The molecule has 0 radical (unpaired) electrons. The number of nitro benzene ring substituents is 1. The normalized spacial score (nSPS) is 11.9. The number of methoxy groups -OCH3 is 1. The first kappa shape index (κ1) is 26.5. The average Bonchev–Trinajstić information content (AvgIpc) is 2.81. The van der Waals surface area contributed by atoms with E-state index >= 15 is 0 Å². The maximum atomic E-state index is 12.5. The van der Waals surface area contributed by atoms with Gasteiger partial charge in [-0.15, -0.1) is 0 Å². The van der Waals surface area contributed by atoms with Crippen molar-refractivity contribution in [1.29, 1.82) is 0 Å². The molecule has 0 saturated carbocycles. The van der Waals surface area contributed by atoms with Crippen LogP contribution in [0.25, 0.3) is 12.2 Å². The van der Waals surface area contributed by atoms with E-state index < -0.39 is 46.5 Å². The second kappa shape index (κ2) is 10.2. The number of carbonyl (C=O) groups is 1. The van der Waals surface area contributed by atoms with Crippen molar-refractivity contribution >= 4 is 49.7 Å². The maximum absolute atomic E-state index is 12.5. The van der Waals surface area contributed by atoms with Crippen LogP contribution in [0.15, 0.2) is 70.5 Å². The largest absolute Gasteiger partial charge is 0.497 e. The summed E-state index contributed by atoms with van der Waals surface area (Å²) in [5.41, 5.74) is -0.574. The number of amides is 1. The first-order valence-corrected chi connectivity index (χ1v) is 12.7. The Hall–Kier alpha value is -4.11. The lowest BCUT2D eigenvalue weighted by atomic mass is 10.1. The van der Waals surface area contributed by atoms with E-state index in [9.17, 15) is 40.8 Å². The lowest BCUT2D eigenvalue weighted by Gasteiger charge is -2.10. The number of rotatable bonds is 8. The molecule has 0 heterocycles. The zero-order valence-corrected chi connectivity index (χ0v) is 20.0. The minimum Gasteiger partial charge on any atom is -0.497 e. The van der Waals surface area contributed by atoms with E-state index in [1.165, 1.54) is 31.4 Å². The van der Waals surface area contributed by atoms with E-state index in [-0.39, 0.29) is 22.4 Å². The van der Waals surface area contributed by atoms with Gasteiger partial charge >= 0.3 is 0 Å². The fourth-order valence-corrected chi connectivity index (χ4v) is 4.51. The predicted molar refractivity (Wildman–Crippen MR) is 129 cm³/mol. The summed E-state index contributed by atoms with van der Waals surface area (Å²) >= 11 is 0. The first-order chi connectivity index (χ1) is 16.8. The lowest BCUT2D eigenvalue weighted by Crippen LogP contribution is -2.12. The molecule has 0 aromatic heterocycles. The van der Waals surface area contributed by atoms with Crippen LogP contribution < -0.4 is 10.1 Å². The summed E-state index contributed by atoms with van der Waals surface area (Å²) in [5.74, 6) is -0.0348. The summed E-state index contributed by atoms with van der Waals surface area (Å²) in [4.78, 5) is 21.2. The van der Waals surface area contributed by atoms with Crippen LogP contribution in [-0.4, -0.2) is 43.9 Å². The van der Waals surface area contributed by atoms with Gasteiger partial charge in [-0.3, -0.25) is 24.0 Å². The summed E-state index contributed by atoms with van der Waals surface area (Å²) in [6, 6.07) is 12.4. The van der Waals surface area contributed by atoms with E-state index in [0.717, 1.165) is 30.4 Å². The second-order valence-electron chi connectivity index (χ2n) is 7.20. The number of anilines is 1. The van der Waals surface area contributed by atoms with Crippen molar-refractivity contribution in [2.24, 2.45) is 0 Å². The number of benzene rings is 3. The highest BCUT2D eigenvalue weighted by molar-refractivity contribution is 7.86. The van der Waals surface area contributed by atoms with Crippen molar-refractivity contribution < 1.29 is 40.4 Å². The Morgan fingerprint density at radius 1 is 0.889 bits per heavy atom. The molecule has 36 heavy (non-hydrogen) atoms. The number of non-ortho nitro benzene ring substituents is 1. The number of ether oxygens (including phenoxy) is 1. The van der Waals surface area contributed by atoms with E-state index in [1.54, 1.807) is 12.1 Å². The second-order valence-corrected chi connectivity index (χ2v) is 9.98. The van der Waals surface area contributed by atoms with Gasteiger partial charge in [0, 0.05) is 23.4 Å². The molecule has 0 aliphatic rings. The third-order valence-electron chi connectivity index (χ3n) is 4.83. The van der Waals surface area contributed by atoms with Crippen molar-refractivity contribution in [3.63, 3.8) is 0 Å². The van der Waals surface area contributed by atoms with Crippen LogP contribution in [0.3, 0.4) is 0 Å². The molecule has 12 nitrogen and oxygen atoms in total. The van der Waals surface area contributed by atoms with Gasteiger partial charge in [-0.2, -0.15) is 16.8 Å². The van der Waals surface area contributed by atoms with E-state index in [1.807, 2.05) is 0 Å². The Balaban J connectivity index is 1.97. The predicted octanol–water partition coefficient (Wildman–Crippen LogP) is 3.52. The average molecular weight is 535 g/mol. The van der Waals surface area contributed by atoms with Crippen LogP contribution in [0.5, 0.6) is 5.75 Å². The molecule has 3 aromatic carbocycles. The standard InChI is InChI=1S/C22H18N2O10S2/c1-34-19-10-6-16(7-11-19)22(25)23-17-8-4-14(20(12-17)35(28,29)30)2-3-15-5-9-18(24(26)27)13-21(15)36(31,32)33/h2-13H,1H3,(H,23,25)(H,28,29,30)(H,31,32,33)/b3-2+. The lowest BCUT2D eigenvalue weighted by molar-refractivity contribution is -0.385. The molecule has 0 aliphatic heterocycles. The van der Waals surface area contributed by atoms with Crippen molar-refractivity contribution in [2.75, 3.05) is 12.4 Å². The summed E-state index contributed by atoms with van der Waals surface area (Å²) < 4.78 is 71.4. The smallest absolute Gasteiger partial charge is 0.295 e. The van der Waals surface area contributed by atoms with Crippen LogP contribution in [0.4, 0.5) is 11.4 Å². The van der Waals surface area contributed by atoms with Crippen molar-refractivity contribution in [3.05, 3.63) is 87.5 Å². The third-order valence-corrected chi connectivity index (χ3v) is 6.65. The van der Waals surface area contributed by atoms with Crippen LogP contribution in [0.1, 0.15) is 21.5 Å². The van der Waals surface area contributed by atoms with Gasteiger partial charge in [0.25, 0.3) is 31.8 Å². The molecule has 0 saturated heterocycles. The number of nitro groups is 1. The molecule has 188 valence electrons. The third kappa shape index (κ3) is 6.31. The highest BCUT2D eigenvalue weighted by Gasteiger charge is 2.20. The number of nitrogens with one attached hydrogen (secondary N) is 1. The molecule has 0 unspecified atom stereocenters. The quantitative estimate of drug-likeness (QED) is 0.167. The Bertz CT molecular complexity index is 1580. The molecule has 0 spiro atoms. The molecular formula is C22H18N2O10S2. The molecule has 1 amide bonds. The number of carbonyl (C=O) groups excluding carboxylic acids is 1. The molecule has 0 bridgehead atoms. The first-order valence-electron chi connectivity index (χ1n) is 9.80. The zero-order valence-electron chi connectivity index (χ0n) is 18.4.